The zero-order valence-corrected chi connectivity index (χ0v) is 20.6. The Bertz CT molecular complexity index is 830. The summed E-state index contributed by atoms with van der Waals surface area (Å²) in [6, 6.07) is 1.81. The molecule has 1 amide bonds. The number of hydrogen-bond donors (Lipinski definition) is 1. The third kappa shape index (κ3) is 9.21. The average molecular weight is 473 g/mol. The van der Waals surface area contributed by atoms with Gasteiger partial charge in [-0.3, -0.25) is 10.1 Å². The molecular formula is C21H32N2O8S. The number of carbonyl (C=O) groups is 2. The van der Waals surface area contributed by atoms with Crippen LogP contribution in [-0.4, -0.2) is 54.2 Å². The number of nitro benzene ring substituents is 1. The van der Waals surface area contributed by atoms with Crippen LogP contribution in [-0.2, 0) is 20.0 Å². The number of nitrogens with zero attached hydrogens (tertiary/aromatic N) is 1. The van der Waals surface area contributed by atoms with Crippen molar-refractivity contribution in [1.82, 2.24) is 5.32 Å². The van der Waals surface area contributed by atoms with Gasteiger partial charge in [-0.05, 0) is 47.6 Å². The summed E-state index contributed by atoms with van der Waals surface area (Å²) >= 11 is 1.22. The van der Waals surface area contributed by atoms with Gasteiger partial charge in [-0.15, -0.1) is 0 Å². The number of thioether (sulfide) groups is 1. The van der Waals surface area contributed by atoms with Gasteiger partial charge in [0.25, 0.3) is 5.69 Å². The van der Waals surface area contributed by atoms with Crippen molar-refractivity contribution in [1.29, 1.82) is 0 Å². The first kappa shape index (κ1) is 27.3. The van der Waals surface area contributed by atoms with E-state index in [-0.39, 0.29) is 22.9 Å². The fourth-order valence-corrected chi connectivity index (χ4v) is 3.50. The van der Waals surface area contributed by atoms with Crippen LogP contribution in [0, 0.1) is 10.1 Å². The fourth-order valence-electron chi connectivity index (χ4n) is 2.47. The number of amides is 1. The molecule has 10 nitrogen and oxygen atoms in total. The number of ether oxygens (including phenoxy) is 4. The Kier molecular flexibility index (Phi) is 9.62. The highest BCUT2D eigenvalue weighted by Gasteiger charge is 2.29. The molecule has 0 aliphatic carbocycles. The predicted octanol–water partition coefficient (Wildman–Crippen LogP) is 4.08. The molecule has 0 unspecified atom stereocenters. The van der Waals surface area contributed by atoms with Crippen LogP contribution in [0.5, 0.6) is 11.5 Å². The number of hydrogen-bond acceptors (Lipinski definition) is 9. The molecule has 1 N–H and O–H groups in total. The molecule has 32 heavy (non-hydrogen) atoms. The van der Waals surface area contributed by atoms with Gasteiger partial charge in [-0.2, -0.15) is 11.8 Å². The van der Waals surface area contributed by atoms with E-state index in [1.165, 1.54) is 38.1 Å². The lowest BCUT2D eigenvalue weighted by molar-refractivity contribution is -0.385. The van der Waals surface area contributed by atoms with Crippen LogP contribution in [0.1, 0.15) is 47.1 Å². The molecule has 1 aromatic rings. The molecule has 0 saturated carbocycles. The normalized spacial score (nSPS) is 12.5. The Morgan fingerprint density at radius 1 is 1.03 bits per heavy atom. The summed E-state index contributed by atoms with van der Waals surface area (Å²) in [6.45, 7) is 10.3. The molecule has 0 radical (unpaired) electrons. The number of carbonyl (C=O) groups excluding carboxylic acids is 2. The molecule has 0 aromatic heterocycles. The topological polar surface area (TPSA) is 126 Å². The van der Waals surface area contributed by atoms with E-state index in [4.69, 9.17) is 18.9 Å². The smallest absolute Gasteiger partial charge is 0.408 e. The van der Waals surface area contributed by atoms with E-state index in [2.05, 4.69) is 5.32 Å². The van der Waals surface area contributed by atoms with Gasteiger partial charge in [0.05, 0.1) is 25.2 Å². The number of nitro groups is 1. The highest BCUT2D eigenvalue weighted by atomic mass is 32.2. The molecule has 0 aliphatic rings. The number of benzene rings is 1. The fraction of sp³-hybridized carbons (Fsp3) is 0.619. The van der Waals surface area contributed by atoms with Crippen LogP contribution >= 0.6 is 11.8 Å². The summed E-state index contributed by atoms with van der Waals surface area (Å²) in [4.78, 5) is 35.8. The molecule has 0 aliphatic heterocycles. The maximum Gasteiger partial charge on any atom is 0.408 e. The third-order valence-electron chi connectivity index (χ3n) is 3.71. The van der Waals surface area contributed by atoms with Gasteiger partial charge in [-0.25, -0.2) is 9.59 Å². The summed E-state index contributed by atoms with van der Waals surface area (Å²) in [5.41, 5.74) is -1.24. The molecule has 0 bridgehead atoms. The monoisotopic (exact) mass is 472 g/mol. The van der Waals surface area contributed by atoms with Crippen molar-refractivity contribution < 1.29 is 33.5 Å². The minimum Gasteiger partial charge on any atom is -0.493 e. The van der Waals surface area contributed by atoms with Crippen molar-refractivity contribution in [3.63, 3.8) is 0 Å². The summed E-state index contributed by atoms with van der Waals surface area (Å²) in [5, 5.41) is 14.0. The van der Waals surface area contributed by atoms with Gasteiger partial charge in [0.2, 0.25) is 0 Å². The van der Waals surface area contributed by atoms with Crippen LogP contribution in [0.4, 0.5) is 10.5 Å². The van der Waals surface area contributed by atoms with Gasteiger partial charge in [-0.1, -0.05) is 0 Å². The maximum atomic E-state index is 12.6. The van der Waals surface area contributed by atoms with Crippen molar-refractivity contribution in [2.24, 2.45) is 0 Å². The highest BCUT2D eigenvalue weighted by Crippen LogP contribution is 2.36. The van der Waals surface area contributed by atoms with Crippen molar-refractivity contribution in [2.45, 2.75) is 64.5 Å². The third-order valence-corrected chi connectivity index (χ3v) is 4.79. The molecule has 0 fully saturated rings. The SMILES string of the molecule is COc1cc(CSC[C@H](NC(=O)OC(C)(C)C)C(=O)OC(C)(C)C)c([N+](=O)[O-])cc1OC. The van der Waals surface area contributed by atoms with Crippen LogP contribution in [0.2, 0.25) is 0 Å². The van der Waals surface area contributed by atoms with Crippen molar-refractivity contribution in [3.05, 3.63) is 27.8 Å². The Morgan fingerprint density at radius 3 is 2.03 bits per heavy atom. The van der Waals surface area contributed by atoms with Gasteiger partial charge < -0.3 is 24.3 Å². The molecular weight excluding hydrogens is 440 g/mol. The van der Waals surface area contributed by atoms with E-state index < -0.39 is 34.2 Å². The summed E-state index contributed by atoms with van der Waals surface area (Å²) in [5.74, 6) is 0.263. The molecule has 0 saturated heterocycles. The van der Waals surface area contributed by atoms with E-state index in [0.717, 1.165) is 0 Å². The molecule has 1 atom stereocenters. The zero-order chi connectivity index (χ0) is 24.7. The number of methoxy groups -OCH3 is 2. The van der Waals surface area contributed by atoms with Crippen molar-refractivity contribution >= 4 is 29.5 Å². The quantitative estimate of drug-likeness (QED) is 0.321. The number of esters is 1. The number of rotatable bonds is 9. The molecule has 0 heterocycles. The molecule has 180 valence electrons. The first-order valence-corrected chi connectivity index (χ1v) is 11.0. The van der Waals surface area contributed by atoms with Crippen LogP contribution in [0.15, 0.2) is 12.1 Å². The van der Waals surface area contributed by atoms with E-state index in [0.29, 0.717) is 11.3 Å². The van der Waals surface area contributed by atoms with Gasteiger partial charge in [0, 0.05) is 17.1 Å². The first-order valence-electron chi connectivity index (χ1n) is 9.86. The van der Waals surface area contributed by atoms with Gasteiger partial charge in [0.15, 0.2) is 11.5 Å². The van der Waals surface area contributed by atoms with E-state index in [1.54, 1.807) is 41.5 Å². The lowest BCUT2D eigenvalue weighted by Crippen LogP contribution is -2.47. The first-order chi connectivity index (χ1) is 14.7. The van der Waals surface area contributed by atoms with Crippen LogP contribution < -0.4 is 14.8 Å². The van der Waals surface area contributed by atoms with Crippen molar-refractivity contribution in [2.75, 3.05) is 20.0 Å². The van der Waals surface area contributed by atoms with E-state index in [1.807, 2.05) is 0 Å². The Labute approximate surface area is 192 Å². The van der Waals surface area contributed by atoms with E-state index >= 15 is 0 Å². The minimum atomic E-state index is -1.01. The van der Waals surface area contributed by atoms with Gasteiger partial charge >= 0.3 is 12.1 Å². The Hall–Kier alpha value is -2.69. The Balaban J connectivity index is 3.01. The standard InChI is InChI=1S/C21H32N2O8S/c1-20(2,3)30-18(24)14(22-19(25)31-21(4,5)6)12-32-11-13-9-16(28-7)17(29-8)10-15(13)23(26)27/h9-10,14H,11-12H2,1-8H3,(H,22,25)/t14-/m0/s1. The zero-order valence-electron chi connectivity index (χ0n) is 19.8. The lowest BCUT2D eigenvalue weighted by Gasteiger charge is -2.26. The number of nitrogens with one attached hydrogen (secondary N) is 1. The molecule has 0 spiro atoms. The van der Waals surface area contributed by atoms with Gasteiger partial charge in [0.1, 0.15) is 17.2 Å². The summed E-state index contributed by atoms with van der Waals surface area (Å²) < 4.78 is 21.0. The minimum absolute atomic E-state index is 0.111. The van der Waals surface area contributed by atoms with Crippen LogP contribution in [0.3, 0.4) is 0 Å². The van der Waals surface area contributed by atoms with Crippen molar-refractivity contribution in [3.8, 4) is 11.5 Å². The second-order valence-corrected chi connectivity index (χ2v) is 9.87. The second kappa shape index (κ2) is 11.3. The molecule has 1 aromatic carbocycles. The Morgan fingerprint density at radius 2 is 1.56 bits per heavy atom. The summed E-state index contributed by atoms with van der Waals surface area (Å²) in [7, 11) is 2.83. The maximum absolute atomic E-state index is 12.6. The summed E-state index contributed by atoms with van der Waals surface area (Å²) in [6.07, 6.45) is -0.758. The molecule has 11 heteroatoms. The van der Waals surface area contributed by atoms with E-state index in [9.17, 15) is 19.7 Å². The number of alkyl carbamates (subject to hydrolysis) is 1. The predicted molar refractivity (Wildman–Crippen MR) is 121 cm³/mol. The second-order valence-electron chi connectivity index (χ2n) is 8.84. The highest BCUT2D eigenvalue weighted by molar-refractivity contribution is 7.98. The van der Waals surface area contributed by atoms with Crippen LogP contribution in [0.25, 0.3) is 0 Å². The lowest BCUT2D eigenvalue weighted by atomic mass is 10.2. The largest absolute Gasteiger partial charge is 0.493 e. The molecule has 1 rings (SSSR count). The average Bonchev–Trinajstić information content (AvgIpc) is 2.63.